The highest BCUT2D eigenvalue weighted by Crippen LogP contribution is 2.53. The van der Waals surface area contributed by atoms with E-state index < -0.39 is 7.60 Å². The number of nitrogens with one attached hydrogen (secondary N) is 1. The molecule has 0 spiro atoms. The van der Waals surface area contributed by atoms with Crippen molar-refractivity contribution in [1.82, 2.24) is 5.32 Å². The zero-order valence-corrected chi connectivity index (χ0v) is 11.2. The maximum absolute atomic E-state index is 12.0. The van der Waals surface area contributed by atoms with Crippen molar-refractivity contribution in [2.75, 3.05) is 19.7 Å². The Bertz CT molecular complexity index is 384. The van der Waals surface area contributed by atoms with Crippen molar-refractivity contribution < 1.29 is 18.4 Å². The van der Waals surface area contributed by atoms with Crippen LogP contribution in [0.25, 0.3) is 0 Å². The smallest absolute Gasteiger partial charge is 0.333 e. The van der Waals surface area contributed by atoms with Crippen molar-refractivity contribution in [3.05, 3.63) is 24.2 Å². The van der Waals surface area contributed by atoms with Gasteiger partial charge in [0.15, 0.2) is 0 Å². The molecule has 5 nitrogen and oxygen atoms in total. The van der Waals surface area contributed by atoms with E-state index in [4.69, 9.17) is 8.94 Å². The van der Waals surface area contributed by atoms with Crippen LogP contribution in [-0.4, -0.2) is 30.2 Å². The molecule has 1 fully saturated rings. The summed E-state index contributed by atoms with van der Waals surface area (Å²) in [5.41, 5.74) is 0.564. The van der Waals surface area contributed by atoms with Gasteiger partial charge in [-0.25, -0.2) is 0 Å². The summed E-state index contributed by atoms with van der Waals surface area (Å²) in [4.78, 5) is 9.85. The first kappa shape index (κ1) is 14.7. The molecule has 1 aliphatic heterocycles. The van der Waals surface area contributed by atoms with Gasteiger partial charge in [0, 0.05) is 19.0 Å². The predicted octanol–water partition coefficient (Wildman–Crippen LogP) is 1.98. The van der Waals surface area contributed by atoms with Gasteiger partial charge in [0.05, 0.1) is 24.8 Å². The van der Waals surface area contributed by atoms with Crippen LogP contribution >= 0.6 is 20.0 Å². The fourth-order valence-corrected chi connectivity index (χ4v) is 3.77. The van der Waals surface area contributed by atoms with Crippen molar-refractivity contribution in [3.8, 4) is 0 Å². The molecule has 0 aromatic carbocycles. The molecule has 2 rings (SSSR count). The first-order valence-corrected chi connectivity index (χ1v) is 6.99. The highest BCUT2D eigenvalue weighted by atomic mass is 35.5. The minimum Gasteiger partial charge on any atom is -0.472 e. The molecule has 0 aliphatic carbocycles. The zero-order valence-electron chi connectivity index (χ0n) is 9.54. The topological polar surface area (TPSA) is 71.7 Å². The Balaban J connectivity index is 0.00000144. The molecule has 2 heterocycles. The minimum atomic E-state index is -3.54. The van der Waals surface area contributed by atoms with Crippen LogP contribution in [0.3, 0.4) is 0 Å². The average Bonchev–Trinajstić information content (AvgIpc) is 2.88. The number of hydrogen-bond acceptors (Lipinski definition) is 4. The van der Waals surface area contributed by atoms with Gasteiger partial charge in [0.2, 0.25) is 0 Å². The van der Waals surface area contributed by atoms with Crippen LogP contribution in [-0.2, 0) is 9.09 Å². The van der Waals surface area contributed by atoms with Crippen molar-refractivity contribution in [2.24, 2.45) is 0 Å². The van der Waals surface area contributed by atoms with Gasteiger partial charge < -0.3 is 19.2 Å². The Labute approximate surface area is 106 Å². The molecule has 2 N–H and O–H groups in total. The first-order chi connectivity index (χ1) is 7.65. The van der Waals surface area contributed by atoms with E-state index in [-0.39, 0.29) is 30.6 Å². The molecule has 0 saturated carbocycles. The van der Waals surface area contributed by atoms with Gasteiger partial charge >= 0.3 is 7.60 Å². The molecule has 0 amide bonds. The van der Waals surface area contributed by atoms with E-state index in [0.29, 0.717) is 13.1 Å². The molecule has 17 heavy (non-hydrogen) atoms. The number of halogens is 1. The van der Waals surface area contributed by atoms with Crippen molar-refractivity contribution in [3.63, 3.8) is 0 Å². The summed E-state index contributed by atoms with van der Waals surface area (Å²) in [5.74, 6) is -0.0128. The number of furan rings is 1. The van der Waals surface area contributed by atoms with E-state index >= 15 is 0 Å². The third kappa shape index (κ3) is 3.12. The highest BCUT2D eigenvalue weighted by Gasteiger charge is 2.42. The second-order valence-electron chi connectivity index (χ2n) is 3.87. The molecule has 7 heteroatoms. The monoisotopic (exact) mass is 281 g/mol. The Kier molecular flexibility index (Phi) is 5.22. The molecular formula is C10H17ClNO4P. The third-order valence-electron chi connectivity index (χ3n) is 2.89. The van der Waals surface area contributed by atoms with Crippen LogP contribution in [0.5, 0.6) is 0 Å². The van der Waals surface area contributed by atoms with E-state index in [1.807, 2.05) is 6.07 Å². The van der Waals surface area contributed by atoms with Crippen LogP contribution in [0.2, 0.25) is 0 Å². The van der Waals surface area contributed by atoms with E-state index in [2.05, 4.69) is 5.32 Å². The summed E-state index contributed by atoms with van der Waals surface area (Å²) < 4.78 is 22.0. The van der Waals surface area contributed by atoms with Gasteiger partial charge in [-0.3, -0.25) is 4.57 Å². The third-order valence-corrected chi connectivity index (χ3v) is 4.90. The molecule has 1 saturated heterocycles. The second-order valence-corrected chi connectivity index (χ2v) is 5.92. The van der Waals surface area contributed by atoms with Crippen LogP contribution in [0.4, 0.5) is 0 Å². The lowest BCUT2D eigenvalue weighted by Gasteiger charge is -2.22. The molecule has 1 aliphatic rings. The van der Waals surface area contributed by atoms with Gasteiger partial charge in [-0.05, 0) is 18.6 Å². The fourth-order valence-electron chi connectivity index (χ4n) is 2.11. The largest absolute Gasteiger partial charge is 0.472 e. The Morgan fingerprint density at radius 1 is 1.65 bits per heavy atom. The zero-order chi connectivity index (χ0) is 11.6. The van der Waals surface area contributed by atoms with E-state index in [1.54, 1.807) is 19.5 Å². The fraction of sp³-hybridized carbons (Fsp3) is 0.600. The van der Waals surface area contributed by atoms with Gasteiger partial charge in [-0.2, -0.15) is 0 Å². The van der Waals surface area contributed by atoms with Crippen LogP contribution in [0.1, 0.15) is 18.4 Å². The summed E-state index contributed by atoms with van der Waals surface area (Å²) in [6, 6.07) is 1.83. The lowest BCUT2D eigenvalue weighted by Crippen LogP contribution is -2.19. The highest BCUT2D eigenvalue weighted by molar-refractivity contribution is 7.53. The second kappa shape index (κ2) is 6.03. The maximum atomic E-state index is 12.0. The lowest BCUT2D eigenvalue weighted by molar-refractivity contribution is 0.263. The summed E-state index contributed by atoms with van der Waals surface area (Å²) in [7, 11) is -3.54. The van der Waals surface area contributed by atoms with Crippen molar-refractivity contribution >= 4 is 20.0 Å². The Morgan fingerprint density at radius 3 is 3.00 bits per heavy atom. The summed E-state index contributed by atoms with van der Waals surface area (Å²) >= 11 is 0. The quantitative estimate of drug-likeness (QED) is 0.826. The summed E-state index contributed by atoms with van der Waals surface area (Å²) in [6.45, 7) is 3.16. The summed E-state index contributed by atoms with van der Waals surface area (Å²) in [5, 5.41) is 3.12. The van der Waals surface area contributed by atoms with Gasteiger partial charge in [-0.15, -0.1) is 12.4 Å². The van der Waals surface area contributed by atoms with E-state index in [1.165, 1.54) is 0 Å². The Hall–Kier alpha value is -0.320. The van der Waals surface area contributed by atoms with Crippen LogP contribution in [0, 0.1) is 0 Å². The molecule has 98 valence electrons. The van der Waals surface area contributed by atoms with Crippen molar-refractivity contribution in [2.45, 2.75) is 18.5 Å². The molecular weight excluding hydrogens is 265 g/mol. The number of rotatable bonds is 4. The van der Waals surface area contributed by atoms with Crippen molar-refractivity contribution in [1.29, 1.82) is 0 Å². The van der Waals surface area contributed by atoms with Gasteiger partial charge in [0.1, 0.15) is 0 Å². The average molecular weight is 282 g/mol. The molecule has 0 radical (unpaired) electrons. The number of hydrogen-bond donors (Lipinski definition) is 2. The Morgan fingerprint density at radius 2 is 2.41 bits per heavy atom. The minimum absolute atomic E-state index is 0. The van der Waals surface area contributed by atoms with Gasteiger partial charge in [-0.1, -0.05) is 0 Å². The predicted molar refractivity (Wildman–Crippen MR) is 66.8 cm³/mol. The summed E-state index contributed by atoms with van der Waals surface area (Å²) in [6.07, 6.45) is 3.20. The molecule has 3 atom stereocenters. The van der Waals surface area contributed by atoms with Crippen LogP contribution in [0.15, 0.2) is 23.0 Å². The molecule has 1 aromatic rings. The van der Waals surface area contributed by atoms with Gasteiger partial charge in [0.25, 0.3) is 0 Å². The van der Waals surface area contributed by atoms with E-state index in [9.17, 15) is 9.46 Å². The van der Waals surface area contributed by atoms with E-state index in [0.717, 1.165) is 5.56 Å². The normalized spacial score (nSPS) is 27.4. The lowest BCUT2D eigenvalue weighted by atomic mass is 10.0. The SMILES string of the molecule is CCOP(=O)(O)C1CNCC1c1ccoc1.Cl. The standard InChI is InChI=1S/C10H16NO4P.ClH/c1-2-15-16(12,13)10-6-11-5-9(10)8-3-4-14-7-8;/h3-4,7,9-11H,2,5-6H2,1H3,(H,12,13);1H. The molecule has 3 unspecified atom stereocenters. The van der Waals surface area contributed by atoms with Crippen LogP contribution < -0.4 is 5.32 Å². The molecule has 0 bridgehead atoms. The molecule has 1 aromatic heterocycles. The first-order valence-electron chi connectivity index (χ1n) is 5.35. The maximum Gasteiger partial charge on any atom is 0.333 e.